The smallest absolute Gasteiger partial charge is 0.242 e. The normalized spacial score (nSPS) is 15.6. The quantitative estimate of drug-likeness (QED) is 0.712. The Bertz CT molecular complexity index is 538. The van der Waals surface area contributed by atoms with Gasteiger partial charge in [-0.1, -0.05) is 12.8 Å². The van der Waals surface area contributed by atoms with Crippen LogP contribution < -0.4 is 20.1 Å². The number of nitrogens with one attached hydrogen (secondary N) is 2. The molecule has 132 valence electrons. The third-order valence-electron chi connectivity index (χ3n) is 4.24. The molecule has 1 aliphatic carbocycles. The third kappa shape index (κ3) is 5.44. The summed E-state index contributed by atoms with van der Waals surface area (Å²) in [5.41, 5.74) is 0. The highest BCUT2D eigenvalue weighted by Crippen LogP contribution is 2.27. The minimum Gasteiger partial charge on any atom is -0.497 e. The first-order valence-electron chi connectivity index (χ1n) is 8.42. The number of methoxy groups -OCH3 is 1. The van der Waals surface area contributed by atoms with E-state index in [1.54, 1.807) is 7.11 Å². The van der Waals surface area contributed by atoms with Crippen LogP contribution in [0.5, 0.6) is 11.5 Å². The second-order valence-electron chi connectivity index (χ2n) is 6.04. The zero-order valence-electron chi connectivity index (χ0n) is 14.3. The van der Waals surface area contributed by atoms with Gasteiger partial charge in [0, 0.05) is 6.92 Å². The predicted octanol–water partition coefficient (Wildman–Crippen LogP) is 1.89. The second kappa shape index (κ2) is 9.15. The molecule has 0 heterocycles. The number of hydrogen-bond donors (Lipinski definition) is 2. The van der Waals surface area contributed by atoms with Crippen molar-refractivity contribution in [2.45, 2.75) is 38.6 Å². The minimum atomic E-state index is -0.439. The zero-order valence-corrected chi connectivity index (χ0v) is 14.3. The standard InChI is InChI=1S/C18H26N2O4/c1-13(21)20-17(14-5-3-4-6-14)18(22)19-11-12-24-16-9-7-15(23-2)8-10-16/h7-10,14,17H,3-6,11-12H2,1-2H3,(H,19,22)(H,20,21). The lowest BCUT2D eigenvalue weighted by Gasteiger charge is -2.23. The molecule has 1 aromatic carbocycles. The number of hydrogen-bond acceptors (Lipinski definition) is 4. The van der Waals surface area contributed by atoms with Gasteiger partial charge in [0.1, 0.15) is 24.1 Å². The molecule has 0 aromatic heterocycles. The lowest BCUT2D eigenvalue weighted by Crippen LogP contribution is -2.50. The molecule has 1 aromatic rings. The van der Waals surface area contributed by atoms with Crippen molar-refractivity contribution in [3.05, 3.63) is 24.3 Å². The molecule has 2 N–H and O–H groups in total. The Morgan fingerprint density at radius 3 is 2.38 bits per heavy atom. The van der Waals surface area contributed by atoms with E-state index in [2.05, 4.69) is 10.6 Å². The summed E-state index contributed by atoms with van der Waals surface area (Å²) in [6.07, 6.45) is 4.21. The molecule has 1 fully saturated rings. The van der Waals surface area contributed by atoms with Crippen LogP contribution in [0, 0.1) is 5.92 Å². The van der Waals surface area contributed by atoms with Gasteiger partial charge in [-0.05, 0) is 43.0 Å². The van der Waals surface area contributed by atoms with Crippen molar-refractivity contribution in [2.24, 2.45) is 5.92 Å². The number of benzene rings is 1. The lowest BCUT2D eigenvalue weighted by atomic mass is 9.97. The molecule has 6 nitrogen and oxygen atoms in total. The number of amides is 2. The van der Waals surface area contributed by atoms with Crippen LogP contribution in [-0.2, 0) is 9.59 Å². The molecule has 0 aliphatic heterocycles. The van der Waals surface area contributed by atoms with Crippen molar-refractivity contribution in [1.29, 1.82) is 0 Å². The fourth-order valence-corrected chi connectivity index (χ4v) is 3.03. The molecule has 0 bridgehead atoms. The fourth-order valence-electron chi connectivity index (χ4n) is 3.03. The summed E-state index contributed by atoms with van der Waals surface area (Å²) in [6, 6.07) is 6.84. The van der Waals surface area contributed by atoms with Crippen LogP contribution in [0.2, 0.25) is 0 Å². The third-order valence-corrected chi connectivity index (χ3v) is 4.24. The summed E-state index contributed by atoms with van der Waals surface area (Å²) in [5, 5.41) is 5.64. The SMILES string of the molecule is COc1ccc(OCCNC(=O)C(NC(C)=O)C2CCCC2)cc1. The van der Waals surface area contributed by atoms with Gasteiger partial charge in [-0.15, -0.1) is 0 Å². The number of carbonyl (C=O) groups excluding carboxylic acids is 2. The van der Waals surface area contributed by atoms with E-state index in [1.807, 2.05) is 24.3 Å². The van der Waals surface area contributed by atoms with Gasteiger partial charge in [0.05, 0.1) is 13.7 Å². The van der Waals surface area contributed by atoms with Crippen LogP contribution in [0.3, 0.4) is 0 Å². The molecule has 1 unspecified atom stereocenters. The molecule has 1 saturated carbocycles. The van der Waals surface area contributed by atoms with Crippen LogP contribution >= 0.6 is 0 Å². The molecule has 1 aliphatic rings. The Morgan fingerprint density at radius 2 is 1.79 bits per heavy atom. The van der Waals surface area contributed by atoms with Crippen molar-refractivity contribution >= 4 is 11.8 Å². The fraction of sp³-hybridized carbons (Fsp3) is 0.556. The lowest BCUT2D eigenvalue weighted by molar-refractivity contribution is -0.129. The summed E-state index contributed by atoms with van der Waals surface area (Å²) in [4.78, 5) is 23.7. The molecule has 6 heteroatoms. The Hall–Kier alpha value is -2.24. The maximum atomic E-state index is 12.4. The topological polar surface area (TPSA) is 76.7 Å². The first kappa shape index (κ1) is 18.1. The highest BCUT2D eigenvalue weighted by Gasteiger charge is 2.30. The van der Waals surface area contributed by atoms with Crippen molar-refractivity contribution < 1.29 is 19.1 Å². The average molecular weight is 334 g/mol. The van der Waals surface area contributed by atoms with E-state index >= 15 is 0 Å². The molecule has 2 amide bonds. The summed E-state index contributed by atoms with van der Waals surface area (Å²) in [5.74, 6) is 1.42. The Morgan fingerprint density at radius 1 is 1.17 bits per heavy atom. The molecular weight excluding hydrogens is 308 g/mol. The highest BCUT2D eigenvalue weighted by molar-refractivity contribution is 5.87. The van der Waals surface area contributed by atoms with E-state index < -0.39 is 6.04 Å². The first-order valence-corrected chi connectivity index (χ1v) is 8.42. The van der Waals surface area contributed by atoms with Gasteiger partial charge >= 0.3 is 0 Å². The van der Waals surface area contributed by atoms with E-state index in [4.69, 9.17) is 9.47 Å². The second-order valence-corrected chi connectivity index (χ2v) is 6.04. The van der Waals surface area contributed by atoms with Crippen molar-refractivity contribution in [3.8, 4) is 11.5 Å². The van der Waals surface area contributed by atoms with Gasteiger partial charge in [-0.25, -0.2) is 0 Å². The van der Waals surface area contributed by atoms with Crippen molar-refractivity contribution in [1.82, 2.24) is 10.6 Å². The zero-order chi connectivity index (χ0) is 17.4. The number of ether oxygens (including phenoxy) is 2. The number of rotatable bonds is 8. The monoisotopic (exact) mass is 334 g/mol. The minimum absolute atomic E-state index is 0.129. The van der Waals surface area contributed by atoms with Crippen LogP contribution in [-0.4, -0.2) is 38.1 Å². The largest absolute Gasteiger partial charge is 0.497 e. The van der Waals surface area contributed by atoms with Gasteiger partial charge in [-0.3, -0.25) is 9.59 Å². The van der Waals surface area contributed by atoms with E-state index in [-0.39, 0.29) is 17.7 Å². The predicted molar refractivity (Wildman–Crippen MR) is 91.1 cm³/mol. The summed E-state index contributed by atoms with van der Waals surface area (Å²) in [6.45, 7) is 2.21. The molecule has 2 rings (SSSR count). The van der Waals surface area contributed by atoms with Crippen LogP contribution in [0.4, 0.5) is 0 Å². The van der Waals surface area contributed by atoms with Gasteiger partial charge in [0.2, 0.25) is 11.8 Å². The summed E-state index contributed by atoms with van der Waals surface area (Å²) < 4.78 is 10.7. The van der Waals surface area contributed by atoms with Crippen LogP contribution in [0.15, 0.2) is 24.3 Å². The van der Waals surface area contributed by atoms with E-state index in [0.717, 1.165) is 37.2 Å². The van der Waals surface area contributed by atoms with Crippen LogP contribution in [0.25, 0.3) is 0 Å². The van der Waals surface area contributed by atoms with E-state index in [0.29, 0.717) is 13.2 Å². The molecule has 0 radical (unpaired) electrons. The molecule has 1 atom stereocenters. The highest BCUT2D eigenvalue weighted by atomic mass is 16.5. The maximum Gasteiger partial charge on any atom is 0.242 e. The van der Waals surface area contributed by atoms with Gasteiger partial charge < -0.3 is 20.1 Å². The van der Waals surface area contributed by atoms with Crippen LogP contribution in [0.1, 0.15) is 32.6 Å². The summed E-state index contributed by atoms with van der Waals surface area (Å²) in [7, 11) is 1.61. The molecule has 0 saturated heterocycles. The van der Waals surface area contributed by atoms with Crippen molar-refractivity contribution in [2.75, 3.05) is 20.3 Å². The Balaban J connectivity index is 1.76. The first-order chi connectivity index (χ1) is 11.6. The summed E-state index contributed by atoms with van der Waals surface area (Å²) >= 11 is 0. The Labute approximate surface area is 142 Å². The van der Waals surface area contributed by atoms with E-state index in [9.17, 15) is 9.59 Å². The molecule has 24 heavy (non-hydrogen) atoms. The average Bonchev–Trinajstić information content (AvgIpc) is 3.11. The molecule has 0 spiro atoms. The molecular formula is C18H26N2O4. The van der Waals surface area contributed by atoms with Gasteiger partial charge in [0.25, 0.3) is 0 Å². The van der Waals surface area contributed by atoms with E-state index in [1.165, 1.54) is 6.92 Å². The number of carbonyl (C=O) groups is 2. The Kier molecular flexibility index (Phi) is 6.90. The van der Waals surface area contributed by atoms with Crippen molar-refractivity contribution in [3.63, 3.8) is 0 Å². The maximum absolute atomic E-state index is 12.4. The van der Waals surface area contributed by atoms with Gasteiger partial charge in [0.15, 0.2) is 0 Å². The van der Waals surface area contributed by atoms with Gasteiger partial charge in [-0.2, -0.15) is 0 Å².